The standard InChI is InChI=1S/C22H18F4N8O/c23-8-14-7-15(2-1-13(14)9-27)34-6-5-16-18(10-34)29-12-30-20(16)31-19-4-3-17(32-33-19)21(35)28-11-22(24,25)26/h1-4,7,12H,5-6,8,10-11H2,(H,28,35)(H,29,30,31,33). The van der Waals surface area contributed by atoms with Crippen molar-refractivity contribution in [3.63, 3.8) is 0 Å². The number of anilines is 3. The van der Waals surface area contributed by atoms with Crippen molar-refractivity contribution in [3.05, 3.63) is 64.7 Å². The minimum atomic E-state index is -4.53. The molecule has 180 valence electrons. The Morgan fingerprint density at radius 3 is 2.69 bits per heavy atom. The molecule has 1 aliphatic rings. The quantitative estimate of drug-likeness (QED) is 0.510. The Morgan fingerprint density at radius 1 is 1.17 bits per heavy atom. The highest BCUT2D eigenvalue weighted by Gasteiger charge is 2.28. The second-order valence-electron chi connectivity index (χ2n) is 7.63. The molecule has 4 rings (SSSR count). The van der Waals surface area contributed by atoms with Crippen molar-refractivity contribution in [1.82, 2.24) is 25.5 Å². The fourth-order valence-electron chi connectivity index (χ4n) is 3.59. The van der Waals surface area contributed by atoms with E-state index in [9.17, 15) is 22.4 Å². The van der Waals surface area contributed by atoms with E-state index in [0.717, 1.165) is 16.9 Å². The molecule has 3 aromatic rings. The van der Waals surface area contributed by atoms with Gasteiger partial charge in [-0.2, -0.15) is 18.4 Å². The van der Waals surface area contributed by atoms with Crippen LogP contribution in [-0.4, -0.2) is 45.3 Å². The third-order valence-electron chi connectivity index (χ3n) is 5.32. The average Bonchev–Trinajstić information content (AvgIpc) is 2.86. The van der Waals surface area contributed by atoms with Crippen LogP contribution in [0.3, 0.4) is 0 Å². The van der Waals surface area contributed by atoms with Crippen LogP contribution in [0.4, 0.5) is 34.9 Å². The maximum absolute atomic E-state index is 13.3. The SMILES string of the molecule is N#Cc1ccc(N2CCc3c(ncnc3Nc3ccc(C(=O)NCC(F)(F)F)nn3)C2)cc1CF. The van der Waals surface area contributed by atoms with Gasteiger partial charge < -0.3 is 15.5 Å². The fourth-order valence-corrected chi connectivity index (χ4v) is 3.59. The molecule has 1 aliphatic heterocycles. The van der Waals surface area contributed by atoms with Gasteiger partial charge >= 0.3 is 6.18 Å². The topological polar surface area (TPSA) is 120 Å². The number of nitriles is 1. The van der Waals surface area contributed by atoms with E-state index in [1.165, 1.54) is 18.5 Å². The predicted octanol–water partition coefficient (Wildman–Crippen LogP) is 3.21. The lowest BCUT2D eigenvalue weighted by atomic mass is 10.0. The smallest absolute Gasteiger partial charge is 0.365 e. The molecule has 0 aliphatic carbocycles. The van der Waals surface area contributed by atoms with Crippen LogP contribution >= 0.6 is 0 Å². The molecule has 0 bridgehead atoms. The Bertz CT molecular complexity index is 1270. The highest BCUT2D eigenvalue weighted by atomic mass is 19.4. The summed E-state index contributed by atoms with van der Waals surface area (Å²) in [5, 5.41) is 21.4. The number of aromatic nitrogens is 4. The van der Waals surface area contributed by atoms with Gasteiger partial charge in [0.15, 0.2) is 11.5 Å². The molecule has 3 heterocycles. The monoisotopic (exact) mass is 486 g/mol. The van der Waals surface area contributed by atoms with Gasteiger partial charge in [0.1, 0.15) is 25.4 Å². The van der Waals surface area contributed by atoms with Crippen molar-refractivity contribution >= 4 is 23.2 Å². The molecule has 13 heteroatoms. The van der Waals surface area contributed by atoms with Crippen LogP contribution in [0, 0.1) is 11.3 Å². The number of carbonyl (C=O) groups is 1. The number of halogens is 4. The Labute approximate surface area is 196 Å². The lowest BCUT2D eigenvalue weighted by molar-refractivity contribution is -0.123. The first kappa shape index (κ1) is 23.8. The lowest BCUT2D eigenvalue weighted by Gasteiger charge is -2.31. The number of rotatable bonds is 6. The second-order valence-corrected chi connectivity index (χ2v) is 7.63. The summed E-state index contributed by atoms with van der Waals surface area (Å²) in [5.74, 6) is -0.248. The van der Waals surface area contributed by atoms with E-state index in [4.69, 9.17) is 5.26 Å². The number of benzene rings is 1. The number of nitrogens with zero attached hydrogens (tertiary/aromatic N) is 6. The third kappa shape index (κ3) is 5.60. The summed E-state index contributed by atoms with van der Waals surface area (Å²) >= 11 is 0. The average molecular weight is 486 g/mol. The molecule has 0 atom stereocenters. The van der Waals surface area contributed by atoms with E-state index in [2.05, 4.69) is 25.5 Å². The maximum Gasteiger partial charge on any atom is 0.405 e. The van der Waals surface area contributed by atoms with Gasteiger partial charge in [0.05, 0.1) is 23.9 Å². The molecule has 0 fully saturated rings. The van der Waals surface area contributed by atoms with Crippen molar-refractivity contribution in [1.29, 1.82) is 5.26 Å². The fraction of sp³-hybridized carbons (Fsp3) is 0.273. The largest absolute Gasteiger partial charge is 0.405 e. The zero-order chi connectivity index (χ0) is 25.0. The minimum absolute atomic E-state index is 0.250. The van der Waals surface area contributed by atoms with Gasteiger partial charge in [-0.15, -0.1) is 10.2 Å². The van der Waals surface area contributed by atoms with Crippen LogP contribution in [0.5, 0.6) is 0 Å². The number of hydrogen-bond acceptors (Lipinski definition) is 8. The predicted molar refractivity (Wildman–Crippen MR) is 116 cm³/mol. The summed E-state index contributed by atoms with van der Waals surface area (Å²) in [4.78, 5) is 22.4. The maximum atomic E-state index is 13.3. The number of hydrogen-bond donors (Lipinski definition) is 2. The molecule has 1 amide bonds. The van der Waals surface area contributed by atoms with E-state index >= 15 is 0 Å². The summed E-state index contributed by atoms with van der Waals surface area (Å²) in [7, 11) is 0. The molecule has 2 aromatic heterocycles. The normalized spacial score (nSPS) is 13.1. The zero-order valence-corrected chi connectivity index (χ0v) is 18.1. The second kappa shape index (κ2) is 9.88. The van der Waals surface area contributed by atoms with Crippen LogP contribution in [0.2, 0.25) is 0 Å². The van der Waals surface area contributed by atoms with Gasteiger partial charge in [0, 0.05) is 23.4 Å². The summed E-state index contributed by atoms with van der Waals surface area (Å²) < 4.78 is 50.1. The van der Waals surface area contributed by atoms with Gasteiger partial charge in [-0.1, -0.05) is 0 Å². The highest BCUT2D eigenvalue weighted by Crippen LogP contribution is 2.29. The van der Waals surface area contributed by atoms with E-state index in [1.54, 1.807) is 23.5 Å². The Balaban J connectivity index is 1.46. The number of carbonyl (C=O) groups excluding carboxylic acids is 1. The number of nitrogens with one attached hydrogen (secondary N) is 2. The van der Waals surface area contributed by atoms with Crippen molar-refractivity contribution in [2.45, 2.75) is 25.8 Å². The van der Waals surface area contributed by atoms with Gasteiger partial charge in [-0.25, -0.2) is 14.4 Å². The van der Waals surface area contributed by atoms with E-state index in [0.29, 0.717) is 36.5 Å². The van der Waals surface area contributed by atoms with Gasteiger partial charge in [-0.3, -0.25) is 4.79 Å². The molecule has 0 saturated carbocycles. The zero-order valence-electron chi connectivity index (χ0n) is 18.1. The van der Waals surface area contributed by atoms with Crippen LogP contribution in [-0.2, 0) is 19.6 Å². The first-order chi connectivity index (χ1) is 16.8. The Kier molecular flexibility index (Phi) is 6.72. The van der Waals surface area contributed by atoms with Crippen LogP contribution < -0.4 is 15.5 Å². The molecule has 0 spiro atoms. The number of alkyl halides is 4. The molecule has 0 unspecified atom stereocenters. The molecule has 2 N–H and O–H groups in total. The summed E-state index contributed by atoms with van der Waals surface area (Å²) in [6.45, 7) is -1.17. The van der Waals surface area contributed by atoms with Gasteiger partial charge in [-0.05, 0) is 36.8 Å². The van der Waals surface area contributed by atoms with Gasteiger partial charge in [0.25, 0.3) is 5.91 Å². The molecule has 1 aromatic carbocycles. The molecular weight excluding hydrogens is 468 g/mol. The highest BCUT2D eigenvalue weighted by molar-refractivity contribution is 5.92. The first-order valence-electron chi connectivity index (χ1n) is 10.4. The number of amides is 1. The molecule has 0 radical (unpaired) electrons. The molecule has 35 heavy (non-hydrogen) atoms. The van der Waals surface area contributed by atoms with Crippen LogP contribution in [0.1, 0.15) is 32.9 Å². The van der Waals surface area contributed by atoms with Crippen LogP contribution in [0.15, 0.2) is 36.7 Å². The number of fused-ring (bicyclic) bond motifs is 1. The minimum Gasteiger partial charge on any atom is -0.365 e. The van der Waals surface area contributed by atoms with Crippen molar-refractivity contribution < 1.29 is 22.4 Å². The summed E-state index contributed by atoms with van der Waals surface area (Å²) in [6, 6.07) is 9.67. The summed E-state index contributed by atoms with van der Waals surface area (Å²) in [6.07, 6.45) is -2.58. The first-order valence-corrected chi connectivity index (χ1v) is 10.4. The van der Waals surface area contributed by atoms with E-state index in [1.807, 2.05) is 11.0 Å². The van der Waals surface area contributed by atoms with Crippen molar-refractivity contribution in [2.75, 3.05) is 23.3 Å². The van der Waals surface area contributed by atoms with Crippen molar-refractivity contribution in [3.8, 4) is 6.07 Å². The molecular formula is C22H18F4N8O. The molecule has 0 saturated heterocycles. The Hall–Kier alpha value is -4.34. The van der Waals surface area contributed by atoms with E-state index in [-0.39, 0.29) is 11.5 Å². The Morgan fingerprint density at radius 2 is 2.00 bits per heavy atom. The van der Waals surface area contributed by atoms with Crippen LogP contribution in [0.25, 0.3) is 0 Å². The third-order valence-corrected chi connectivity index (χ3v) is 5.32. The van der Waals surface area contributed by atoms with Crippen molar-refractivity contribution in [2.24, 2.45) is 0 Å². The summed E-state index contributed by atoms with van der Waals surface area (Å²) in [5.41, 5.74) is 2.74. The van der Waals surface area contributed by atoms with E-state index < -0.39 is 25.3 Å². The molecule has 9 nitrogen and oxygen atoms in total. The van der Waals surface area contributed by atoms with Gasteiger partial charge in [0.2, 0.25) is 0 Å². The lowest BCUT2D eigenvalue weighted by Crippen LogP contribution is -2.34.